The van der Waals surface area contributed by atoms with Crippen LogP contribution in [0.25, 0.3) is 0 Å². The smallest absolute Gasteiger partial charge is 0.341 e. The van der Waals surface area contributed by atoms with Crippen molar-refractivity contribution in [2.45, 2.75) is 31.3 Å². The SMILES string of the molecule is COc1c(Cl)ccc(Cl)c1C(=O)O.CSc1nnc(C(C)(C)C)c(=O)n1N. The number of carbonyl (C=O) groups is 1. The number of ether oxygens (including phenoxy) is 1. The lowest BCUT2D eigenvalue weighted by Crippen LogP contribution is -2.37. The predicted molar refractivity (Wildman–Crippen MR) is 107 cm³/mol. The second-order valence-corrected chi connectivity index (χ2v) is 7.79. The first-order chi connectivity index (χ1) is 12.4. The Morgan fingerprint density at radius 3 is 2.22 bits per heavy atom. The molecule has 0 spiro atoms. The third-order valence-corrected chi connectivity index (χ3v) is 4.49. The van der Waals surface area contributed by atoms with Crippen LogP contribution in [-0.4, -0.2) is 39.3 Å². The van der Waals surface area contributed by atoms with Gasteiger partial charge in [0, 0.05) is 5.41 Å². The zero-order chi connectivity index (χ0) is 20.9. The molecule has 0 saturated carbocycles. The number of rotatable bonds is 3. The van der Waals surface area contributed by atoms with E-state index in [0.717, 1.165) is 4.68 Å². The Bertz CT molecular complexity index is 897. The van der Waals surface area contributed by atoms with E-state index in [1.54, 1.807) is 6.26 Å². The maximum Gasteiger partial charge on any atom is 0.341 e. The molecule has 2 rings (SSSR count). The van der Waals surface area contributed by atoms with Crippen LogP contribution in [0.15, 0.2) is 22.1 Å². The van der Waals surface area contributed by atoms with E-state index in [4.69, 9.17) is 38.9 Å². The molecule has 1 heterocycles. The highest BCUT2D eigenvalue weighted by Crippen LogP contribution is 2.33. The van der Waals surface area contributed by atoms with Crippen molar-refractivity contribution in [2.75, 3.05) is 19.2 Å². The summed E-state index contributed by atoms with van der Waals surface area (Å²) < 4.78 is 5.86. The third kappa shape index (κ3) is 5.50. The largest absolute Gasteiger partial charge is 0.494 e. The molecule has 0 aliphatic heterocycles. The number of methoxy groups -OCH3 is 1. The Kier molecular flexibility index (Phi) is 7.94. The second-order valence-electron chi connectivity index (χ2n) is 6.20. The van der Waals surface area contributed by atoms with Crippen molar-refractivity contribution < 1.29 is 14.6 Å². The van der Waals surface area contributed by atoms with Crippen LogP contribution in [0, 0.1) is 0 Å². The van der Waals surface area contributed by atoms with Crippen LogP contribution in [0.4, 0.5) is 0 Å². The van der Waals surface area contributed by atoms with Gasteiger partial charge in [-0.15, -0.1) is 10.2 Å². The predicted octanol–water partition coefficient (Wildman–Crippen LogP) is 3.07. The lowest BCUT2D eigenvalue weighted by Gasteiger charge is -2.16. The number of halogens is 2. The summed E-state index contributed by atoms with van der Waals surface area (Å²) in [5.41, 5.74) is -0.339. The van der Waals surface area contributed by atoms with E-state index < -0.39 is 5.97 Å². The van der Waals surface area contributed by atoms with Crippen molar-refractivity contribution in [3.63, 3.8) is 0 Å². The van der Waals surface area contributed by atoms with E-state index in [1.807, 2.05) is 20.8 Å². The summed E-state index contributed by atoms with van der Waals surface area (Å²) >= 11 is 12.6. The number of nitrogen functional groups attached to an aromatic ring is 1. The fourth-order valence-corrected chi connectivity index (χ4v) is 2.79. The summed E-state index contributed by atoms with van der Waals surface area (Å²) in [6.45, 7) is 5.70. The van der Waals surface area contributed by atoms with Crippen LogP contribution in [0.2, 0.25) is 10.0 Å². The van der Waals surface area contributed by atoms with Gasteiger partial charge >= 0.3 is 5.97 Å². The van der Waals surface area contributed by atoms with Gasteiger partial charge in [-0.25, -0.2) is 4.79 Å². The van der Waals surface area contributed by atoms with Gasteiger partial charge in [-0.3, -0.25) is 4.79 Å². The highest BCUT2D eigenvalue weighted by atomic mass is 35.5. The number of aromatic nitrogens is 3. The third-order valence-electron chi connectivity index (χ3n) is 3.23. The molecular formula is C16H20Cl2N4O4S. The quantitative estimate of drug-likeness (QED) is 0.558. The number of carboxylic acid groups (broad SMARTS) is 1. The van der Waals surface area contributed by atoms with E-state index >= 15 is 0 Å². The topological polar surface area (TPSA) is 120 Å². The van der Waals surface area contributed by atoms with Crippen molar-refractivity contribution in [1.29, 1.82) is 0 Å². The molecule has 8 nitrogen and oxygen atoms in total. The molecule has 27 heavy (non-hydrogen) atoms. The summed E-state index contributed by atoms with van der Waals surface area (Å²) in [7, 11) is 1.34. The summed E-state index contributed by atoms with van der Waals surface area (Å²) in [4.78, 5) is 22.4. The highest BCUT2D eigenvalue weighted by molar-refractivity contribution is 7.98. The lowest BCUT2D eigenvalue weighted by atomic mass is 9.93. The van der Waals surface area contributed by atoms with Gasteiger partial charge in [0.1, 0.15) is 11.3 Å². The Labute approximate surface area is 170 Å². The van der Waals surface area contributed by atoms with Gasteiger partial charge in [-0.2, -0.15) is 4.68 Å². The monoisotopic (exact) mass is 434 g/mol. The summed E-state index contributed by atoms with van der Waals surface area (Å²) in [5.74, 6) is 4.49. The van der Waals surface area contributed by atoms with Gasteiger partial charge in [-0.05, 0) is 18.4 Å². The fraction of sp³-hybridized carbons (Fsp3) is 0.375. The zero-order valence-corrected chi connectivity index (χ0v) is 17.7. The molecule has 0 aliphatic rings. The van der Waals surface area contributed by atoms with Crippen LogP contribution in [-0.2, 0) is 5.41 Å². The number of benzene rings is 1. The van der Waals surface area contributed by atoms with Gasteiger partial charge in [0.2, 0.25) is 5.16 Å². The Morgan fingerprint density at radius 2 is 1.81 bits per heavy atom. The number of hydrogen-bond donors (Lipinski definition) is 2. The molecule has 11 heteroatoms. The molecule has 0 unspecified atom stereocenters. The number of hydrogen-bond acceptors (Lipinski definition) is 7. The number of carboxylic acids is 1. The molecule has 0 amide bonds. The van der Waals surface area contributed by atoms with E-state index in [2.05, 4.69) is 10.2 Å². The van der Waals surface area contributed by atoms with Crippen molar-refractivity contribution in [2.24, 2.45) is 0 Å². The molecular weight excluding hydrogens is 415 g/mol. The van der Waals surface area contributed by atoms with Crippen LogP contribution in [0.1, 0.15) is 36.8 Å². The average Bonchev–Trinajstić information content (AvgIpc) is 2.58. The molecule has 148 valence electrons. The van der Waals surface area contributed by atoms with Crippen LogP contribution < -0.4 is 16.1 Å². The van der Waals surface area contributed by atoms with E-state index in [-0.39, 0.29) is 32.3 Å². The van der Waals surface area contributed by atoms with E-state index in [9.17, 15) is 9.59 Å². The zero-order valence-electron chi connectivity index (χ0n) is 15.4. The average molecular weight is 435 g/mol. The maximum absolute atomic E-state index is 11.7. The fourth-order valence-electron chi connectivity index (χ4n) is 1.93. The molecule has 3 N–H and O–H groups in total. The standard InChI is InChI=1S/C8H6Cl2O3.C8H14N4OS/c1-13-7-5(10)3-2-4(9)6(7)8(11)12;1-8(2,3)5-6(13)12(9)7(14-4)11-10-5/h2-3H,1H3,(H,11,12);9H2,1-4H3. The Hall–Kier alpha value is -1.97. The summed E-state index contributed by atoms with van der Waals surface area (Å²) in [5, 5.41) is 17.3. The number of nitrogens with zero attached hydrogens (tertiary/aromatic N) is 3. The van der Waals surface area contributed by atoms with Gasteiger partial charge in [0.15, 0.2) is 5.75 Å². The molecule has 0 fully saturated rings. The molecule has 0 atom stereocenters. The van der Waals surface area contributed by atoms with Crippen LogP contribution in [0.3, 0.4) is 0 Å². The molecule has 1 aromatic carbocycles. The second kappa shape index (κ2) is 9.29. The number of aromatic carboxylic acids is 1. The molecule has 0 aliphatic carbocycles. The Balaban J connectivity index is 0.000000271. The van der Waals surface area contributed by atoms with Crippen molar-refractivity contribution in [1.82, 2.24) is 14.9 Å². The van der Waals surface area contributed by atoms with Gasteiger partial charge in [0.05, 0.1) is 17.2 Å². The first kappa shape index (κ1) is 23.1. The summed E-state index contributed by atoms with van der Waals surface area (Å²) in [6, 6.07) is 2.89. The minimum absolute atomic E-state index is 0.0849. The van der Waals surface area contributed by atoms with Gasteiger partial charge in [-0.1, -0.05) is 55.7 Å². The molecule has 0 radical (unpaired) electrons. The molecule has 2 aromatic rings. The van der Waals surface area contributed by atoms with Crippen LogP contribution >= 0.6 is 35.0 Å². The van der Waals surface area contributed by atoms with Crippen molar-refractivity contribution in [3.8, 4) is 5.75 Å². The van der Waals surface area contributed by atoms with E-state index in [1.165, 1.54) is 31.0 Å². The van der Waals surface area contributed by atoms with E-state index in [0.29, 0.717) is 10.9 Å². The number of nitrogens with two attached hydrogens (primary N) is 1. The summed E-state index contributed by atoms with van der Waals surface area (Å²) in [6.07, 6.45) is 1.80. The first-order valence-electron chi connectivity index (χ1n) is 7.50. The Morgan fingerprint density at radius 1 is 1.26 bits per heavy atom. The van der Waals surface area contributed by atoms with Gasteiger partial charge in [0.25, 0.3) is 5.56 Å². The highest BCUT2D eigenvalue weighted by Gasteiger charge is 2.22. The minimum Gasteiger partial charge on any atom is -0.494 e. The molecule has 1 aromatic heterocycles. The maximum atomic E-state index is 11.7. The minimum atomic E-state index is -1.16. The first-order valence-corrected chi connectivity index (χ1v) is 9.48. The van der Waals surface area contributed by atoms with Crippen molar-refractivity contribution in [3.05, 3.63) is 43.8 Å². The molecule has 0 saturated heterocycles. The van der Waals surface area contributed by atoms with Gasteiger partial charge < -0.3 is 15.7 Å². The normalized spacial score (nSPS) is 10.8. The van der Waals surface area contributed by atoms with Crippen LogP contribution in [0.5, 0.6) is 5.75 Å². The molecule has 0 bridgehead atoms. The van der Waals surface area contributed by atoms with Crippen molar-refractivity contribution >= 4 is 40.9 Å². The lowest BCUT2D eigenvalue weighted by molar-refractivity contribution is 0.0693. The number of thioether (sulfide) groups is 1.